The molecule has 0 saturated heterocycles. The number of carboxylic acid groups (broad SMARTS) is 1. The largest absolute Gasteiger partial charge is 0.481 e. The van der Waals surface area contributed by atoms with Crippen molar-refractivity contribution in [2.75, 3.05) is 0 Å². The summed E-state index contributed by atoms with van der Waals surface area (Å²) in [6, 6.07) is 6.22. The Kier molecular flexibility index (Phi) is 3.70. The Labute approximate surface area is 94.8 Å². The molecule has 5 heteroatoms. The minimum Gasteiger partial charge on any atom is -0.481 e. The van der Waals surface area contributed by atoms with Gasteiger partial charge >= 0.3 is 5.97 Å². The third-order valence-electron chi connectivity index (χ3n) is 2.24. The molecule has 0 aliphatic carbocycles. The second-order valence-electron chi connectivity index (χ2n) is 3.77. The van der Waals surface area contributed by atoms with Crippen molar-refractivity contribution in [1.29, 1.82) is 0 Å². The molecule has 0 aliphatic rings. The van der Waals surface area contributed by atoms with E-state index in [0.29, 0.717) is 5.56 Å². The number of rotatable bonds is 4. The zero-order valence-electron chi connectivity index (χ0n) is 9.17. The molecule has 0 bridgehead atoms. The van der Waals surface area contributed by atoms with E-state index >= 15 is 0 Å². The van der Waals surface area contributed by atoms with E-state index in [1.165, 1.54) is 12.1 Å². The summed E-state index contributed by atoms with van der Waals surface area (Å²) < 4.78 is 23.9. The van der Waals surface area contributed by atoms with Gasteiger partial charge in [0, 0.05) is 0 Å². The Morgan fingerprint density at radius 3 is 2.38 bits per heavy atom. The van der Waals surface area contributed by atoms with E-state index in [4.69, 9.17) is 5.11 Å². The maximum Gasteiger partial charge on any atom is 0.307 e. The van der Waals surface area contributed by atoms with E-state index in [1.54, 1.807) is 26.0 Å². The molecule has 0 unspecified atom stereocenters. The number of hydrogen-bond donors (Lipinski definition) is 1. The summed E-state index contributed by atoms with van der Waals surface area (Å²) in [6.07, 6.45) is -0.276. The summed E-state index contributed by atoms with van der Waals surface area (Å²) in [5.74, 6) is -1.04. The second kappa shape index (κ2) is 4.65. The Bertz CT molecular complexity index is 488. The quantitative estimate of drug-likeness (QED) is 0.868. The number of aliphatic carboxylic acids is 1. The van der Waals surface area contributed by atoms with E-state index in [-0.39, 0.29) is 11.3 Å². The number of benzene rings is 1. The summed E-state index contributed by atoms with van der Waals surface area (Å²) in [5.41, 5.74) is 0.337. The average molecular weight is 242 g/mol. The number of hydrogen-bond acceptors (Lipinski definition) is 3. The molecule has 0 spiro atoms. The van der Waals surface area contributed by atoms with Crippen LogP contribution in [0.1, 0.15) is 19.4 Å². The van der Waals surface area contributed by atoms with Gasteiger partial charge in [-0.3, -0.25) is 4.79 Å². The minimum absolute atomic E-state index is 0.118. The van der Waals surface area contributed by atoms with Crippen molar-refractivity contribution in [1.82, 2.24) is 0 Å². The summed E-state index contributed by atoms with van der Waals surface area (Å²) in [7, 11) is -3.42. The first-order chi connectivity index (χ1) is 7.35. The molecule has 88 valence electrons. The van der Waals surface area contributed by atoms with Gasteiger partial charge in [0.05, 0.1) is 16.6 Å². The van der Waals surface area contributed by atoms with E-state index in [9.17, 15) is 13.2 Å². The van der Waals surface area contributed by atoms with Crippen LogP contribution in [-0.2, 0) is 21.1 Å². The molecule has 16 heavy (non-hydrogen) atoms. The fourth-order valence-corrected chi connectivity index (χ4v) is 2.63. The van der Waals surface area contributed by atoms with Crippen molar-refractivity contribution in [2.45, 2.75) is 30.4 Å². The standard InChI is InChI=1S/C11H14O4S/c1-8(2)16(14,15)10-6-4-3-5-9(10)7-11(12)13/h3-6,8H,7H2,1-2H3,(H,12,13). The van der Waals surface area contributed by atoms with Gasteiger partial charge in [-0.1, -0.05) is 18.2 Å². The van der Waals surface area contributed by atoms with E-state index in [1.807, 2.05) is 0 Å². The molecule has 0 aliphatic heterocycles. The Morgan fingerprint density at radius 2 is 1.88 bits per heavy atom. The van der Waals surface area contributed by atoms with Gasteiger partial charge in [-0.2, -0.15) is 0 Å². The van der Waals surface area contributed by atoms with Gasteiger partial charge in [-0.15, -0.1) is 0 Å². The fourth-order valence-electron chi connectivity index (χ4n) is 1.34. The molecule has 0 saturated carbocycles. The van der Waals surface area contributed by atoms with Gasteiger partial charge < -0.3 is 5.11 Å². The highest BCUT2D eigenvalue weighted by atomic mass is 32.2. The molecule has 0 fully saturated rings. The Hall–Kier alpha value is -1.36. The highest BCUT2D eigenvalue weighted by Crippen LogP contribution is 2.20. The lowest BCUT2D eigenvalue weighted by molar-refractivity contribution is -0.136. The number of carboxylic acids is 1. The normalized spacial score (nSPS) is 11.7. The molecule has 4 nitrogen and oxygen atoms in total. The first kappa shape index (κ1) is 12.7. The summed E-state index contributed by atoms with van der Waals surface area (Å²) in [5, 5.41) is 8.15. The van der Waals surface area contributed by atoms with E-state index in [2.05, 4.69) is 0 Å². The monoisotopic (exact) mass is 242 g/mol. The zero-order chi connectivity index (χ0) is 12.3. The van der Waals surface area contributed by atoms with Crippen molar-refractivity contribution in [3.05, 3.63) is 29.8 Å². The summed E-state index contributed by atoms with van der Waals surface area (Å²) in [6.45, 7) is 3.15. The predicted molar refractivity (Wildman–Crippen MR) is 60.1 cm³/mol. The van der Waals surface area contributed by atoms with Crippen LogP contribution in [0.15, 0.2) is 29.2 Å². The van der Waals surface area contributed by atoms with Gasteiger partial charge in [0.1, 0.15) is 0 Å². The van der Waals surface area contributed by atoms with Crippen molar-refractivity contribution in [2.24, 2.45) is 0 Å². The first-order valence-electron chi connectivity index (χ1n) is 4.89. The minimum atomic E-state index is -3.42. The molecule has 0 heterocycles. The van der Waals surface area contributed by atoms with Crippen LogP contribution >= 0.6 is 0 Å². The lowest BCUT2D eigenvalue weighted by Gasteiger charge is -2.11. The highest BCUT2D eigenvalue weighted by Gasteiger charge is 2.22. The topological polar surface area (TPSA) is 71.4 Å². The first-order valence-corrected chi connectivity index (χ1v) is 6.44. The van der Waals surface area contributed by atoms with Gasteiger partial charge in [0.15, 0.2) is 9.84 Å². The summed E-state index contributed by atoms with van der Waals surface area (Å²) >= 11 is 0. The third-order valence-corrected chi connectivity index (χ3v) is 4.49. The van der Waals surface area contributed by atoms with Crippen LogP contribution in [0, 0.1) is 0 Å². The van der Waals surface area contributed by atoms with Crippen LogP contribution < -0.4 is 0 Å². The molecule has 0 radical (unpaired) electrons. The van der Waals surface area contributed by atoms with E-state index < -0.39 is 21.1 Å². The molecule has 0 amide bonds. The van der Waals surface area contributed by atoms with Crippen molar-refractivity contribution < 1.29 is 18.3 Å². The molecule has 1 aromatic carbocycles. The van der Waals surface area contributed by atoms with Gasteiger partial charge in [-0.05, 0) is 25.5 Å². The van der Waals surface area contributed by atoms with Crippen LogP contribution in [0.3, 0.4) is 0 Å². The molecule has 1 rings (SSSR count). The van der Waals surface area contributed by atoms with Crippen LogP contribution in [-0.4, -0.2) is 24.7 Å². The molecule has 0 atom stereocenters. The lowest BCUT2D eigenvalue weighted by atomic mass is 10.1. The van der Waals surface area contributed by atoms with Crippen LogP contribution in [0.4, 0.5) is 0 Å². The number of carbonyl (C=O) groups is 1. The average Bonchev–Trinajstić information content (AvgIpc) is 2.17. The van der Waals surface area contributed by atoms with Gasteiger partial charge in [0.25, 0.3) is 0 Å². The van der Waals surface area contributed by atoms with Gasteiger partial charge in [-0.25, -0.2) is 8.42 Å². The van der Waals surface area contributed by atoms with Crippen LogP contribution in [0.2, 0.25) is 0 Å². The molecular weight excluding hydrogens is 228 g/mol. The Balaban J connectivity index is 3.29. The van der Waals surface area contributed by atoms with Crippen molar-refractivity contribution >= 4 is 15.8 Å². The lowest BCUT2D eigenvalue weighted by Crippen LogP contribution is -2.17. The van der Waals surface area contributed by atoms with Crippen LogP contribution in [0.5, 0.6) is 0 Å². The Morgan fingerprint density at radius 1 is 1.31 bits per heavy atom. The molecule has 1 N–H and O–H groups in total. The number of sulfone groups is 1. The maximum absolute atomic E-state index is 11.9. The summed E-state index contributed by atoms with van der Waals surface area (Å²) in [4.78, 5) is 10.7. The van der Waals surface area contributed by atoms with Crippen molar-refractivity contribution in [3.8, 4) is 0 Å². The zero-order valence-corrected chi connectivity index (χ0v) is 9.99. The molecular formula is C11H14O4S. The van der Waals surface area contributed by atoms with Crippen molar-refractivity contribution in [3.63, 3.8) is 0 Å². The highest BCUT2D eigenvalue weighted by molar-refractivity contribution is 7.92. The smallest absolute Gasteiger partial charge is 0.307 e. The third kappa shape index (κ3) is 2.61. The molecule has 0 aromatic heterocycles. The SMILES string of the molecule is CC(C)S(=O)(=O)c1ccccc1CC(=O)O. The van der Waals surface area contributed by atoms with Gasteiger partial charge in [0.2, 0.25) is 0 Å². The van der Waals surface area contributed by atoms with Crippen LogP contribution in [0.25, 0.3) is 0 Å². The fraction of sp³-hybridized carbons (Fsp3) is 0.364. The predicted octanol–water partition coefficient (Wildman–Crippen LogP) is 1.50. The maximum atomic E-state index is 11.9. The van der Waals surface area contributed by atoms with E-state index in [0.717, 1.165) is 0 Å². The second-order valence-corrected chi connectivity index (χ2v) is 6.24. The molecule has 1 aromatic rings.